The van der Waals surface area contributed by atoms with Crippen molar-refractivity contribution < 1.29 is 9.53 Å². The maximum atomic E-state index is 12.7. The predicted molar refractivity (Wildman–Crippen MR) is 110 cm³/mol. The minimum absolute atomic E-state index is 0.0503. The lowest BCUT2D eigenvalue weighted by Crippen LogP contribution is -2.54. The Morgan fingerprint density at radius 1 is 1.03 bits per heavy atom. The first-order valence-electron chi connectivity index (χ1n) is 10.5. The summed E-state index contributed by atoms with van der Waals surface area (Å²) in [6.45, 7) is 6.33. The van der Waals surface area contributed by atoms with Crippen LogP contribution in [0.3, 0.4) is 0 Å². The van der Waals surface area contributed by atoms with Gasteiger partial charge in [-0.3, -0.25) is 9.36 Å². The van der Waals surface area contributed by atoms with E-state index < -0.39 is 0 Å². The molecule has 0 atom stereocenters. The molecule has 2 saturated heterocycles. The fraction of sp³-hybridized carbons (Fsp3) is 0.571. The molecule has 154 valence electrons. The maximum absolute atomic E-state index is 12.7. The van der Waals surface area contributed by atoms with E-state index in [1.165, 1.54) is 12.8 Å². The van der Waals surface area contributed by atoms with Crippen molar-refractivity contribution in [1.29, 1.82) is 0 Å². The van der Waals surface area contributed by atoms with E-state index in [-0.39, 0.29) is 11.6 Å². The summed E-state index contributed by atoms with van der Waals surface area (Å²) in [5.74, 6) is 0.641. The molecule has 0 N–H and O–H groups in total. The number of carbonyl (C=O) groups excluding carboxylic acids is 1. The third kappa shape index (κ3) is 3.81. The average molecular weight is 397 g/mol. The SMILES string of the molecule is O=C(N1CCOCC1)N1CCN(c2ccc3c(=O)n(CC4CC4)cnc3c2)CC1. The number of hydrogen-bond acceptors (Lipinski definition) is 5. The van der Waals surface area contributed by atoms with Crippen molar-refractivity contribution in [2.75, 3.05) is 57.4 Å². The summed E-state index contributed by atoms with van der Waals surface area (Å²) in [5, 5.41) is 0.679. The number of hydrogen-bond donors (Lipinski definition) is 0. The number of ether oxygens (including phenoxy) is 1. The van der Waals surface area contributed by atoms with Gasteiger partial charge in [-0.05, 0) is 37.0 Å². The number of nitrogens with zero attached hydrogens (tertiary/aromatic N) is 5. The molecule has 29 heavy (non-hydrogen) atoms. The van der Waals surface area contributed by atoms with Crippen LogP contribution in [0.1, 0.15) is 12.8 Å². The minimum Gasteiger partial charge on any atom is -0.378 e. The van der Waals surface area contributed by atoms with Gasteiger partial charge in [0.2, 0.25) is 0 Å². The quantitative estimate of drug-likeness (QED) is 0.783. The molecule has 1 aromatic carbocycles. The second-order valence-electron chi connectivity index (χ2n) is 8.20. The van der Waals surface area contributed by atoms with E-state index in [0.717, 1.165) is 30.8 Å². The van der Waals surface area contributed by atoms with Crippen LogP contribution in [0.15, 0.2) is 29.3 Å². The van der Waals surface area contributed by atoms with Crippen LogP contribution in [0.25, 0.3) is 10.9 Å². The number of urea groups is 1. The third-order valence-electron chi connectivity index (χ3n) is 6.16. The molecule has 8 nitrogen and oxygen atoms in total. The van der Waals surface area contributed by atoms with Gasteiger partial charge in [-0.1, -0.05) is 0 Å². The number of rotatable bonds is 3. The Hall–Kier alpha value is -2.61. The molecule has 0 spiro atoms. The molecule has 8 heteroatoms. The number of benzene rings is 1. The van der Waals surface area contributed by atoms with Crippen LogP contribution in [0.4, 0.5) is 10.5 Å². The Morgan fingerprint density at radius 2 is 1.76 bits per heavy atom. The van der Waals surface area contributed by atoms with Crippen molar-refractivity contribution in [3.63, 3.8) is 0 Å². The van der Waals surface area contributed by atoms with Crippen LogP contribution in [-0.2, 0) is 11.3 Å². The highest BCUT2D eigenvalue weighted by Gasteiger charge is 2.27. The van der Waals surface area contributed by atoms with Crippen molar-refractivity contribution in [2.45, 2.75) is 19.4 Å². The number of anilines is 1. The van der Waals surface area contributed by atoms with Crippen molar-refractivity contribution in [3.05, 3.63) is 34.9 Å². The first-order valence-corrected chi connectivity index (χ1v) is 10.5. The molecule has 1 aliphatic carbocycles. The number of fused-ring (bicyclic) bond motifs is 1. The monoisotopic (exact) mass is 397 g/mol. The lowest BCUT2D eigenvalue weighted by atomic mass is 10.2. The molecule has 0 radical (unpaired) electrons. The lowest BCUT2D eigenvalue weighted by molar-refractivity contribution is 0.0428. The van der Waals surface area contributed by atoms with Gasteiger partial charge in [-0.2, -0.15) is 0 Å². The maximum Gasteiger partial charge on any atom is 0.320 e. The van der Waals surface area contributed by atoms with Crippen molar-refractivity contribution in [3.8, 4) is 0 Å². The molecule has 0 bridgehead atoms. The second kappa shape index (κ2) is 7.67. The molecular weight excluding hydrogens is 370 g/mol. The second-order valence-corrected chi connectivity index (χ2v) is 8.20. The molecule has 1 aromatic heterocycles. The predicted octanol–water partition coefficient (Wildman–Crippen LogP) is 1.38. The van der Waals surface area contributed by atoms with Gasteiger partial charge in [0, 0.05) is 51.5 Å². The molecule has 0 unspecified atom stereocenters. The van der Waals surface area contributed by atoms with Crippen LogP contribution in [-0.4, -0.2) is 77.9 Å². The van der Waals surface area contributed by atoms with Gasteiger partial charge in [-0.25, -0.2) is 9.78 Å². The molecule has 1 saturated carbocycles. The van der Waals surface area contributed by atoms with Crippen LogP contribution >= 0.6 is 0 Å². The van der Waals surface area contributed by atoms with E-state index in [2.05, 4.69) is 9.88 Å². The third-order valence-corrected chi connectivity index (χ3v) is 6.16. The summed E-state index contributed by atoms with van der Waals surface area (Å²) >= 11 is 0. The summed E-state index contributed by atoms with van der Waals surface area (Å²) in [4.78, 5) is 36.0. The number of carbonyl (C=O) groups is 1. The summed E-state index contributed by atoms with van der Waals surface area (Å²) in [5.41, 5.74) is 1.85. The number of morpholine rings is 1. The zero-order valence-electron chi connectivity index (χ0n) is 16.6. The van der Waals surface area contributed by atoms with Gasteiger partial charge in [0.15, 0.2) is 0 Å². The highest BCUT2D eigenvalue weighted by atomic mass is 16.5. The summed E-state index contributed by atoms with van der Waals surface area (Å²) in [7, 11) is 0. The smallest absolute Gasteiger partial charge is 0.320 e. The van der Waals surface area contributed by atoms with E-state index in [9.17, 15) is 9.59 Å². The molecular formula is C21H27N5O3. The summed E-state index contributed by atoms with van der Waals surface area (Å²) in [6, 6.07) is 6.02. The average Bonchev–Trinajstić information content (AvgIpc) is 3.60. The Bertz CT molecular complexity index is 956. The van der Waals surface area contributed by atoms with Gasteiger partial charge in [0.1, 0.15) is 0 Å². The fourth-order valence-corrected chi connectivity index (χ4v) is 4.16. The highest BCUT2D eigenvalue weighted by Crippen LogP contribution is 2.30. The van der Waals surface area contributed by atoms with E-state index in [1.807, 2.05) is 28.0 Å². The van der Waals surface area contributed by atoms with Gasteiger partial charge in [0.25, 0.3) is 5.56 Å². The van der Waals surface area contributed by atoms with Gasteiger partial charge >= 0.3 is 6.03 Å². The topological polar surface area (TPSA) is 70.9 Å². The Kier molecular flexibility index (Phi) is 4.87. The Balaban J connectivity index is 1.26. The lowest BCUT2D eigenvalue weighted by Gasteiger charge is -2.39. The van der Waals surface area contributed by atoms with Gasteiger partial charge in [0.05, 0.1) is 30.4 Å². The summed E-state index contributed by atoms with van der Waals surface area (Å²) in [6.07, 6.45) is 4.11. The number of piperazine rings is 1. The van der Waals surface area contributed by atoms with Crippen molar-refractivity contribution in [1.82, 2.24) is 19.4 Å². The minimum atomic E-state index is 0.0503. The fourth-order valence-electron chi connectivity index (χ4n) is 4.16. The van der Waals surface area contributed by atoms with Gasteiger partial charge in [-0.15, -0.1) is 0 Å². The van der Waals surface area contributed by atoms with Crippen LogP contribution < -0.4 is 10.5 Å². The molecule has 5 rings (SSSR count). The van der Waals surface area contributed by atoms with Crippen LogP contribution in [0.2, 0.25) is 0 Å². The normalized spacial score (nSPS) is 20.3. The van der Waals surface area contributed by atoms with Crippen LogP contribution in [0.5, 0.6) is 0 Å². The molecule has 3 aliphatic rings. The highest BCUT2D eigenvalue weighted by molar-refractivity contribution is 5.81. The van der Waals surface area contributed by atoms with E-state index >= 15 is 0 Å². The van der Waals surface area contributed by atoms with Crippen LogP contribution in [0, 0.1) is 5.92 Å². The number of amides is 2. The van der Waals surface area contributed by atoms with E-state index in [0.29, 0.717) is 50.7 Å². The first-order chi connectivity index (χ1) is 14.2. The number of aromatic nitrogens is 2. The summed E-state index contributed by atoms with van der Waals surface area (Å²) < 4.78 is 7.08. The Morgan fingerprint density at radius 3 is 2.48 bits per heavy atom. The molecule has 3 heterocycles. The molecule has 2 amide bonds. The largest absolute Gasteiger partial charge is 0.378 e. The standard InChI is InChI=1S/C21H27N5O3/c27-20-18-4-3-17(13-19(18)22-15-26(20)14-16-1-2-16)23-5-7-24(8-6-23)21(28)25-9-11-29-12-10-25/h3-4,13,15-16H,1-2,5-12,14H2. The molecule has 2 aliphatic heterocycles. The van der Waals surface area contributed by atoms with Crippen molar-refractivity contribution >= 4 is 22.6 Å². The molecule has 3 fully saturated rings. The van der Waals surface area contributed by atoms with Crippen molar-refractivity contribution in [2.24, 2.45) is 5.92 Å². The van der Waals surface area contributed by atoms with E-state index in [4.69, 9.17) is 4.74 Å². The molecule has 2 aromatic rings. The first kappa shape index (κ1) is 18.4. The van der Waals surface area contributed by atoms with Gasteiger partial charge < -0.3 is 19.4 Å². The Labute approximate surface area is 169 Å². The zero-order chi connectivity index (χ0) is 19.8. The zero-order valence-corrected chi connectivity index (χ0v) is 16.6. The van der Waals surface area contributed by atoms with E-state index in [1.54, 1.807) is 10.9 Å².